The van der Waals surface area contributed by atoms with Crippen molar-refractivity contribution < 1.29 is 4.79 Å². The number of nitrogens with zero attached hydrogens (tertiary/aromatic N) is 1. The van der Waals surface area contributed by atoms with Gasteiger partial charge in [0, 0.05) is 18.5 Å². The highest BCUT2D eigenvalue weighted by Gasteiger charge is 2.70. The lowest BCUT2D eigenvalue weighted by Crippen LogP contribution is -2.38. The summed E-state index contributed by atoms with van der Waals surface area (Å²) in [7, 11) is 0. The van der Waals surface area contributed by atoms with Gasteiger partial charge < -0.3 is 4.90 Å². The summed E-state index contributed by atoms with van der Waals surface area (Å²) in [5.41, 5.74) is 2.04. The highest BCUT2D eigenvalue weighted by molar-refractivity contribution is 5.90. The van der Waals surface area contributed by atoms with Crippen LogP contribution in [0.25, 0.3) is 0 Å². The molecular weight excluding hydrogens is 282 g/mol. The summed E-state index contributed by atoms with van der Waals surface area (Å²) in [6, 6.07) is 21.1. The predicted octanol–water partition coefficient (Wildman–Crippen LogP) is 4.01. The topological polar surface area (TPSA) is 20.3 Å². The lowest BCUT2D eigenvalue weighted by atomic mass is 9.80. The minimum atomic E-state index is -0.319. The molecule has 1 aliphatic carbocycles. The van der Waals surface area contributed by atoms with Gasteiger partial charge in [-0.3, -0.25) is 4.79 Å². The molecule has 1 aliphatic heterocycles. The maximum atomic E-state index is 13.2. The number of carbonyl (C=O) groups is 1. The monoisotopic (exact) mass is 305 g/mol. The zero-order valence-electron chi connectivity index (χ0n) is 13.7. The van der Waals surface area contributed by atoms with Crippen LogP contribution in [0.3, 0.4) is 0 Å². The van der Waals surface area contributed by atoms with E-state index in [2.05, 4.69) is 60.4 Å². The molecule has 2 aliphatic rings. The first-order valence-electron chi connectivity index (χ1n) is 8.59. The molecule has 2 nitrogen and oxygen atoms in total. The van der Waals surface area contributed by atoms with Gasteiger partial charge >= 0.3 is 0 Å². The molecule has 2 aromatic rings. The van der Waals surface area contributed by atoms with Crippen LogP contribution >= 0.6 is 0 Å². The van der Waals surface area contributed by atoms with Crippen LogP contribution in [0, 0.1) is 5.41 Å². The summed E-state index contributed by atoms with van der Waals surface area (Å²) in [4.78, 5) is 15.3. The first-order valence-corrected chi connectivity index (χ1v) is 8.59. The minimum absolute atomic E-state index is 0.171. The molecule has 2 fully saturated rings. The summed E-state index contributed by atoms with van der Waals surface area (Å²) in [5, 5.41) is 0. The summed E-state index contributed by atoms with van der Waals surface area (Å²) >= 11 is 0. The Balaban J connectivity index is 1.79. The van der Waals surface area contributed by atoms with E-state index < -0.39 is 0 Å². The smallest absolute Gasteiger partial charge is 0.229 e. The lowest BCUT2D eigenvalue weighted by Gasteiger charge is -2.27. The summed E-state index contributed by atoms with van der Waals surface area (Å²) in [6.07, 6.45) is 3.19. The van der Waals surface area contributed by atoms with Crippen LogP contribution in [0.15, 0.2) is 60.7 Å². The van der Waals surface area contributed by atoms with E-state index in [1.807, 2.05) is 12.1 Å². The van der Waals surface area contributed by atoms with Gasteiger partial charge in [0.25, 0.3) is 0 Å². The third-order valence-electron chi connectivity index (χ3n) is 5.83. The Hall–Kier alpha value is -2.09. The Morgan fingerprint density at radius 2 is 1.35 bits per heavy atom. The first-order chi connectivity index (χ1) is 11.2. The van der Waals surface area contributed by atoms with Crippen molar-refractivity contribution in [1.82, 2.24) is 4.90 Å². The van der Waals surface area contributed by atoms with Crippen molar-refractivity contribution in [2.45, 2.75) is 31.6 Å². The minimum Gasteiger partial charge on any atom is -0.342 e. The molecule has 1 saturated heterocycles. The molecule has 4 rings (SSSR count). The normalized spacial score (nSPS) is 25.3. The number of hydrogen-bond donors (Lipinski definition) is 0. The van der Waals surface area contributed by atoms with E-state index in [1.165, 1.54) is 11.1 Å². The molecule has 0 radical (unpaired) electrons. The van der Waals surface area contributed by atoms with Gasteiger partial charge in [0.2, 0.25) is 5.91 Å². The number of rotatable bonds is 3. The van der Waals surface area contributed by atoms with Gasteiger partial charge in [0.15, 0.2) is 0 Å². The number of benzene rings is 2. The number of hydrogen-bond acceptors (Lipinski definition) is 1. The lowest BCUT2D eigenvalue weighted by molar-refractivity contribution is -0.135. The van der Waals surface area contributed by atoms with Crippen molar-refractivity contribution >= 4 is 5.91 Å². The molecule has 2 heteroatoms. The Morgan fingerprint density at radius 3 is 1.83 bits per heavy atom. The Labute approximate surface area is 138 Å². The van der Waals surface area contributed by atoms with E-state index in [9.17, 15) is 4.79 Å². The molecule has 118 valence electrons. The maximum Gasteiger partial charge on any atom is 0.229 e. The van der Waals surface area contributed by atoms with Crippen LogP contribution in [0.5, 0.6) is 0 Å². The van der Waals surface area contributed by atoms with Gasteiger partial charge in [-0.2, -0.15) is 0 Å². The quantitative estimate of drug-likeness (QED) is 0.839. The Bertz CT molecular complexity index is 664. The Morgan fingerprint density at radius 1 is 0.870 bits per heavy atom. The maximum absolute atomic E-state index is 13.2. The van der Waals surface area contributed by atoms with E-state index in [0.717, 1.165) is 32.4 Å². The molecule has 0 unspecified atom stereocenters. The molecule has 2 aromatic carbocycles. The second-order valence-corrected chi connectivity index (χ2v) is 7.15. The molecule has 1 saturated carbocycles. The van der Waals surface area contributed by atoms with E-state index in [0.29, 0.717) is 5.91 Å². The number of likely N-dealkylation sites (tertiary alicyclic amines) is 1. The largest absolute Gasteiger partial charge is 0.342 e. The van der Waals surface area contributed by atoms with E-state index >= 15 is 0 Å². The molecule has 0 spiro atoms. The van der Waals surface area contributed by atoms with Crippen molar-refractivity contribution in [3.8, 4) is 0 Å². The van der Waals surface area contributed by atoms with Gasteiger partial charge in [0.05, 0.1) is 5.41 Å². The average Bonchev–Trinajstić information content (AvgIpc) is 2.98. The summed E-state index contributed by atoms with van der Waals surface area (Å²) in [5.74, 6) is 0.336. The predicted molar refractivity (Wildman–Crippen MR) is 92.2 cm³/mol. The fourth-order valence-electron chi connectivity index (χ4n) is 4.47. The second-order valence-electron chi connectivity index (χ2n) is 7.15. The molecule has 0 aromatic heterocycles. The SMILES string of the molecule is C[C@@]1(C(=O)N2CCCC2)CC1(c1ccccc1)c1ccccc1. The molecular formula is C21H23NO. The highest BCUT2D eigenvalue weighted by atomic mass is 16.2. The van der Waals surface area contributed by atoms with E-state index in [4.69, 9.17) is 0 Å². The van der Waals surface area contributed by atoms with Crippen LogP contribution in [-0.2, 0) is 10.2 Å². The summed E-state index contributed by atoms with van der Waals surface area (Å²) < 4.78 is 0. The van der Waals surface area contributed by atoms with Crippen molar-refractivity contribution in [3.05, 3.63) is 71.8 Å². The highest BCUT2D eigenvalue weighted by Crippen LogP contribution is 2.68. The van der Waals surface area contributed by atoms with Crippen molar-refractivity contribution in [1.29, 1.82) is 0 Å². The Kier molecular flexibility index (Phi) is 3.29. The third kappa shape index (κ3) is 2.04. The van der Waals surface area contributed by atoms with Crippen LogP contribution in [0.4, 0.5) is 0 Å². The van der Waals surface area contributed by atoms with Gasteiger partial charge in [-0.05, 0) is 37.3 Å². The molecule has 1 heterocycles. The zero-order chi connectivity index (χ0) is 15.9. The van der Waals surface area contributed by atoms with Crippen LogP contribution in [-0.4, -0.2) is 23.9 Å². The van der Waals surface area contributed by atoms with Gasteiger partial charge in [-0.15, -0.1) is 0 Å². The number of carbonyl (C=O) groups excluding carboxylic acids is 1. The van der Waals surface area contributed by atoms with E-state index in [1.54, 1.807) is 0 Å². The number of amides is 1. The standard InChI is InChI=1S/C21H23NO/c1-20(19(23)22-14-8-9-15-22)16-21(20,17-10-4-2-5-11-17)18-12-6-3-7-13-18/h2-7,10-13H,8-9,14-16H2,1H3/t20-/m0/s1. The van der Waals surface area contributed by atoms with Gasteiger partial charge in [-0.1, -0.05) is 60.7 Å². The average molecular weight is 305 g/mol. The molecule has 23 heavy (non-hydrogen) atoms. The second kappa shape index (κ2) is 5.23. The molecule has 1 atom stereocenters. The van der Waals surface area contributed by atoms with Crippen LogP contribution in [0.1, 0.15) is 37.3 Å². The van der Waals surface area contributed by atoms with Crippen LogP contribution < -0.4 is 0 Å². The molecule has 0 N–H and O–H groups in total. The first kappa shape index (κ1) is 14.5. The van der Waals surface area contributed by atoms with Crippen molar-refractivity contribution in [2.75, 3.05) is 13.1 Å². The molecule has 0 bridgehead atoms. The van der Waals surface area contributed by atoms with Gasteiger partial charge in [-0.25, -0.2) is 0 Å². The van der Waals surface area contributed by atoms with Crippen molar-refractivity contribution in [3.63, 3.8) is 0 Å². The molecule has 1 amide bonds. The zero-order valence-corrected chi connectivity index (χ0v) is 13.7. The van der Waals surface area contributed by atoms with Crippen LogP contribution in [0.2, 0.25) is 0 Å². The third-order valence-corrected chi connectivity index (χ3v) is 5.83. The fraction of sp³-hybridized carbons (Fsp3) is 0.381. The fourth-order valence-corrected chi connectivity index (χ4v) is 4.47. The van der Waals surface area contributed by atoms with Gasteiger partial charge in [0.1, 0.15) is 0 Å². The van der Waals surface area contributed by atoms with E-state index in [-0.39, 0.29) is 10.8 Å². The summed E-state index contributed by atoms with van der Waals surface area (Å²) in [6.45, 7) is 4.01. The van der Waals surface area contributed by atoms with Crippen molar-refractivity contribution in [2.24, 2.45) is 5.41 Å².